The van der Waals surface area contributed by atoms with E-state index in [2.05, 4.69) is 48.5 Å². The first-order valence-corrected chi connectivity index (χ1v) is 13.7. The molecule has 0 bridgehead atoms. The standard InChI is InChI=1S/C33H24BN3O2.C2H6/c38-34(39)30-21-19-29(20-22-30)33-36-31(27-15-11-25(12-16-27)23-7-3-1-4-8-23)35-32(37-33)28-17-13-26(14-18-28)24-9-5-2-6-10-24;1-2/h1-22,38-39H;1-2H3. The highest BCUT2D eigenvalue weighted by Crippen LogP contribution is 2.28. The molecule has 0 saturated carbocycles. The summed E-state index contributed by atoms with van der Waals surface area (Å²) in [5.41, 5.74) is 7.43. The fraction of sp³-hybridized carbons (Fsp3) is 0.0571. The zero-order valence-electron chi connectivity index (χ0n) is 23.0. The molecule has 0 aliphatic rings. The predicted molar refractivity (Wildman–Crippen MR) is 168 cm³/mol. The summed E-state index contributed by atoms with van der Waals surface area (Å²) >= 11 is 0. The van der Waals surface area contributed by atoms with Crippen LogP contribution in [0.15, 0.2) is 133 Å². The lowest BCUT2D eigenvalue weighted by atomic mass is 9.80. The molecular formula is C35H30BN3O2. The first-order valence-electron chi connectivity index (χ1n) is 13.7. The molecule has 6 heteroatoms. The summed E-state index contributed by atoms with van der Waals surface area (Å²) in [4.78, 5) is 14.4. The van der Waals surface area contributed by atoms with Gasteiger partial charge in [0.25, 0.3) is 0 Å². The summed E-state index contributed by atoms with van der Waals surface area (Å²) in [6.45, 7) is 4.00. The van der Waals surface area contributed by atoms with Crippen molar-refractivity contribution in [3.8, 4) is 56.4 Å². The van der Waals surface area contributed by atoms with Crippen molar-refractivity contribution in [2.75, 3.05) is 0 Å². The fourth-order valence-corrected chi connectivity index (χ4v) is 4.45. The zero-order chi connectivity index (χ0) is 28.6. The van der Waals surface area contributed by atoms with Crippen LogP contribution in [0.5, 0.6) is 0 Å². The first kappa shape index (κ1) is 27.7. The van der Waals surface area contributed by atoms with Gasteiger partial charge >= 0.3 is 7.12 Å². The van der Waals surface area contributed by atoms with Crippen molar-refractivity contribution >= 4 is 12.6 Å². The van der Waals surface area contributed by atoms with Crippen molar-refractivity contribution in [1.29, 1.82) is 0 Å². The van der Waals surface area contributed by atoms with Crippen LogP contribution in [0.4, 0.5) is 0 Å². The third kappa shape index (κ3) is 6.47. The second-order valence-corrected chi connectivity index (χ2v) is 9.19. The van der Waals surface area contributed by atoms with Crippen LogP contribution < -0.4 is 5.46 Å². The maximum Gasteiger partial charge on any atom is 0.488 e. The van der Waals surface area contributed by atoms with Crippen molar-refractivity contribution in [3.63, 3.8) is 0 Å². The molecule has 0 amide bonds. The molecule has 2 N–H and O–H groups in total. The van der Waals surface area contributed by atoms with Crippen molar-refractivity contribution < 1.29 is 10.0 Å². The molecule has 0 radical (unpaired) electrons. The lowest BCUT2D eigenvalue weighted by Gasteiger charge is -2.10. The largest absolute Gasteiger partial charge is 0.488 e. The van der Waals surface area contributed by atoms with Crippen LogP contribution >= 0.6 is 0 Å². The van der Waals surface area contributed by atoms with Crippen LogP contribution in [-0.2, 0) is 0 Å². The van der Waals surface area contributed by atoms with Crippen LogP contribution in [-0.4, -0.2) is 32.1 Å². The second-order valence-electron chi connectivity index (χ2n) is 9.19. The van der Waals surface area contributed by atoms with E-state index in [9.17, 15) is 10.0 Å². The molecule has 0 aliphatic carbocycles. The van der Waals surface area contributed by atoms with Gasteiger partial charge in [0.1, 0.15) is 0 Å². The number of benzene rings is 5. The van der Waals surface area contributed by atoms with Crippen LogP contribution in [0.2, 0.25) is 0 Å². The smallest absolute Gasteiger partial charge is 0.423 e. The molecule has 0 atom stereocenters. The van der Waals surface area contributed by atoms with Crippen molar-refractivity contribution in [3.05, 3.63) is 133 Å². The van der Waals surface area contributed by atoms with Gasteiger partial charge in [-0.2, -0.15) is 0 Å². The molecule has 6 rings (SSSR count). The number of hydrogen-bond donors (Lipinski definition) is 2. The topological polar surface area (TPSA) is 79.1 Å². The molecule has 200 valence electrons. The number of hydrogen-bond acceptors (Lipinski definition) is 5. The fourth-order valence-electron chi connectivity index (χ4n) is 4.45. The quantitative estimate of drug-likeness (QED) is 0.227. The molecule has 0 saturated heterocycles. The monoisotopic (exact) mass is 535 g/mol. The van der Waals surface area contributed by atoms with Crippen molar-refractivity contribution in [2.45, 2.75) is 13.8 Å². The zero-order valence-corrected chi connectivity index (χ0v) is 23.0. The molecule has 0 fully saturated rings. The molecule has 6 aromatic rings. The van der Waals surface area contributed by atoms with E-state index in [1.165, 1.54) is 0 Å². The van der Waals surface area contributed by atoms with Gasteiger partial charge in [-0.15, -0.1) is 0 Å². The Kier molecular flexibility index (Phi) is 8.74. The van der Waals surface area contributed by atoms with E-state index in [0.717, 1.165) is 38.9 Å². The Balaban J connectivity index is 0.00000165. The molecule has 0 spiro atoms. The van der Waals surface area contributed by atoms with E-state index in [-0.39, 0.29) is 0 Å². The minimum Gasteiger partial charge on any atom is -0.423 e. The highest BCUT2D eigenvalue weighted by atomic mass is 16.4. The Hall–Kier alpha value is -4.91. The van der Waals surface area contributed by atoms with E-state index >= 15 is 0 Å². The SMILES string of the molecule is CC.OB(O)c1ccc(-c2nc(-c3ccc(-c4ccccc4)cc3)nc(-c3ccc(-c4ccccc4)cc3)n2)cc1. The summed E-state index contributed by atoms with van der Waals surface area (Å²) in [6, 6.07) is 43.7. The molecule has 0 aliphatic heterocycles. The predicted octanol–water partition coefficient (Wildman–Crippen LogP) is 6.91. The van der Waals surface area contributed by atoms with Crippen LogP contribution in [0.25, 0.3) is 56.4 Å². The molecule has 5 nitrogen and oxygen atoms in total. The second kappa shape index (κ2) is 13.0. The highest BCUT2D eigenvalue weighted by Gasteiger charge is 2.15. The van der Waals surface area contributed by atoms with E-state index in [1.54, 1.807) is 24.3 Å². The first-order chi connectivity index (χ1) is 20.1. The molecule has 5 aromatic carbocycles. The molecular weight excluding hydrogens is 505 g/mol. The lowest BCUT2D eigenvalue weighted by Crippen LogP contribution is -2.29. The Labute approximate surface area is 241 Å². The summed E-state index contributed by atoms with van der Waals surface area (Å²) in [5.74, 6) is 1.63. The molecule has 1 heterocycles. The van der Waals surface area contributed by atoms with Gasteiger partial charge in [-0.1, -0.05) is 147 Å². The minimum atomic E-state index is -1.53. The Bertz CT molecular complexity index is 1590. The molecule has 0 unspecified atom stereocenters. The van der Waals surface area contributed by atoms with Crippen LogP contribution in [0.1, 0.15) is 13.8 Å². The third-order valence-electron chi connectivity index (χ3n) is 6.60. The van der Waals surface area contributed by atoms with E-state index in [1.807, 2.05) is 74.5 Å². The molecule has 41 heavy (non-hydrogen) atoms. The lowest BCUT2D eigenvalue weighted by molar-refractivity contribution is 0.426. The number of rotatable bonds is 6. The normalized spacial score (nSPS) is 10.4. The van der Waals surface area contributed by atoms with E-state index in [0.29, 0.717) is 22.9 Å². The Morgan fingerprint density at radius 1 is 0.366 bits per heavy atom. The number of nitrogens with zero attached hydrogens (tertiary/aromatic N) is 3. The maximum atomic E-state index is 9.49. The van der Waals surface area contributed by atoms with Gasteiger partial charge in [-0.3, -0.25) is 0 Å². The summed E-state index contributed by atoms with van der Waals surface area (Å²) in [7, 11) is -1.53. The Morgan fingerprint density at radius 2 is 0.634 bits per heavy atom. The highest BCUT2D eigenvalue weighted by molar-refractivity contribution is 6.58. The average molecular weight is 535 g/mol. The van der Waals surface area contributed by atoms with Gasteiger partial charge in [-0.05, 0) is 27.7 Å². The van der Waals surface area contributed by atoms with Gasteiger partial charge < -0.3 is 10.0 Å². The van der Waals surface area contributed by atoms with Gasteiger partial charge in [-0.25, -0.2) is 15.0 Å². The van der Waals surface area contributed by atoms with E-state index < -0.39 is 7.12 Å². The molecule has 1 aromatic heterocycles. The van der Waals surface area contributed by atoms with Crippen LogP contribution in [0.3, 0.4) is 0 Å². The van der Waals surface area contributed by atoms with Crippen molar-refractivity contribution in [1.82, 2.24) is 15.0 Å². The van der Waals surface area contributed by atoms with Crippen LogP contribution in [0, 0.1) is 0 Å². The average Bonchev–Trinajstić information content (AvgIpc) is 3.06. The number of aromatic nitrogens is 3. The summed E-state index contributed by atoms with van der Waals surface area (Å²) in [5, 5.41) is 19.0. The van der Waals surface area contributed by atoms with Gasteiger partial charge in [0.05, 0.1) is 0 Å². The van der Waals surface area contributed by atoms with E-state index in [4.69, 9.17) is 15.0 Å². The summed E-state index contributed by atoms with van der Waals surface area (Å²) in [6.07, 6.45) is 0. The Morgan fingerprint density at radius 3 is 0.951 bits per heavy atom. The van der Waals surface area contributed by atoms with Gasteiger partial charge in [0, 0.05) is 16.7 Å². The van der Waals surface area contributed by atoms with Crippen molar-refractivity contribution in [2.24, 2.45) is 0 Å². The van der Waals surface area contributed by atoms with Gasteiger partial charge in [0.2, 0.25) is 0 Å². The summed E-state index contributed by atoms with van der Waals surface area (Å²) < 4.78 is 0. The minimum absolute atomic E-state index is 0.404. The van der Waals surface area contributed by atoms with Gasteiger partial charge in [0.15, 0.2) is 17.5 Å². The third-order valence-corrected chi connectivity index (χ3v) is 6.60. The maximum absolute atomic E-state index is 9.49.